The quantitative estimate of drug-likeness (QED) is 0.182. The summed E-state index contributed by atoms with van der Waals surface area (Å²) >= 11 is 0. The Balaban J connectivity index is 1.66. The van der Waals surface area contributed by atoms with Crippen LogP contribution in [-0.4, -0.2) is 16.8 Å². The lowest BCUT2D eigenvalue weighted by Gasteiger charge is -2.26. The third kappa shape index (κ3) is 4.74. The first-order valence-electron chi connectivity index (χ1n) is 11.9. The number of aryl methyl sites for hydroxylation is 1. The lowest BCUT2D eigenvalue weighted by Crippen LogP contribution is -2.29. The van der Waals surface area contributed by atoms with E-state index in [1.165, 1.54) is 23.1 Å². The highest BCUT2D eigenvalue weighted by Crippen LogP contribution is 2.43. The highest BCUT2D eigenvalue weighted by atomic mass is 19.1. The maximum atomic E-state index is 14.2. The second-order valence-electron chi connectivity index (χ2n) is 8.69. The van der Waals surface area contributed by atoms with Crippen LogP contribution in [0.2, 0.25) is 0 Å². The van der Waals surface area contributed by atoms with E-state index in [-0.39, 0.29) is 17.0 Å². The Bertz CT molecular complexity index is 1500. The van der Waals surface area contributed by atoms with E-state index in [1.54, 1.807) is 42.5 Å². The number of ketones is 1. The number of Topliss-reactive ketones (excluding diaryl/α,β-unsaturated/α-hetero) is 1. The van der Waals surface area contributed by atoms with Crippen molar-refractivity contribution >= 4 is 23.1 Å². The van der Waals surface area contributed by atoms with Crippen molar-refractivity contribution in [3.63, 3.8) is 0 Å². The van der Waals surface area contributed by atoms with E-state index >= 15 is 0 Å². The van der Waals surface area contributed by atoms with Gasteiger partial charge in [-0.2, -0.15) is 0 Å². The number of amides is 1. The van der Waals surface area contributed by atoms with Gasteiger partial charge in [0.15, 0.2) is 0 Å². The molecule has 0 radical (unpaired) electrons. The lowest BCUT2D eigenvalue weighted by atomic mass is 9.94. The molecule has 0 spiro atoms. The van der Waals surface area contributed by atoms with Crippen LogP contribution < -0.4 is 9.64 Å². The Hall–Kier alpha value is -4.71. The molecule has 1 aliphatic heterocycles. The van der Waals surface area contributed by atoms with Crippen LogP contribution in [0.3, 0.4) is 0 Å². The Morgan fingerprint density at radius 1 is 0.865 bits per heavy atom. The van der Waals surface area contributed by atoms with E-state index in [2.05, 4.69) is 0 Å². The molecule has 1 atom stereocenters. The fraction of sp³-hybridized carbons (Fsp3) is 0.0968. The maximum Gasteiger partial charge on any atom is 0.300 e. The number of benzene rings is 4. The van der Waals surface area contributed by atoms with Crippen molar-refractivity contribution in [2.24, 2.45) is 0 Å². The second kappa shape index (κ2) is 10.1. The third-order valence-corrected chi connectivity index (χ3v) is 6.32. The molecule has 5 rings (SSSR count). The number of ether oxygens (including phenoxy) is 1. The van der Waals surface area contributed by atoms with Crippen molar-refractivity contribution in [3.8, 4) is 11.5 Å². The van der Waals surface area contributed by atoms with E-state index < -0.39 is 23.5 Å². The number of nitrogens with zero attached hydrogens (tertiary/aromatic N) is 1. The van der Waals surface area contributed by atoms with Gasteiger partial charge in [0, 0.05) is 11.3 Å². The first kappa shape index (κ1) is 24.0. The van der Waals surface area contributed by atoms with Gasteiger partial charge in [0.25, 0.3) is 11.7 Å². The van der Waals surface area contributed by atoms with Crippen molar-refractivity contribution < 1.29 is 23.8 Å². The summed E-state index contributed by atoms with van der Waals surface area (Å²) in [6.45, 7) is 2.02. The van der Waals surface area contributed by atoms with Crippen molar-refractivity contribution in [2.75, 3.05) is 4.90 Å². The average molecular weight is 494 g/mol. The number of hydrogen-bond acceptors (Lipinski definition) is 4. The van der Waals surface area contributed by atoms with Crippen LogP contribution in [0.1, 0.15) is 29.7 Å². The summed E-state index contributed by atoms with van der Waals surface area (Å²) in [5, 5.41) is 11.3. The van der Waals surface area contributed by atoms with E-state index in [0.29, 0.717) is 22.6 Å². The van der Waals surface area contributed by atoms with Crippen LogP contribution in [-0.2, 0) is 16.0 Å². The molecule has 6 heteroatoms. The predicted molar refractivity (Wildman–Crippen MR) is 140 cm³/mol. The topological polar surface area (TPSA) is 66.8 Å². The Morgan fingerprint density at radius 3 is 2.27 bits per heavy atom. The third-order valence-electron chi connectivity index (χ3n) is 6.32. The molecule has 0 saturated carbocycles. The molecule has 184 valence electrons. The zero-order valence-electron chi connectivity index (χ0n) is 20.1. The number of aliphatic hydroxyl groups excluding tert-OH is 1. The maximum absolute atomic E-state index is 14.2. The van der Waals surface area contributed by atoms with Gasteiger partial charge in [-0.15, -0.1) is 0 Å². The SMILES string of the molecule is CCc1ccc(/C(O)=C2\C(=O)C(=O)N(c3cccc(F)c3)C2c2cccc(Oc3ccccc3)c2)cc1. The van der Waals surface area contributed by atoms with Gasteiger partial charge in [-0.05, 0) is 60.0 Å². The number of hydrogen-bond donors (Lipinski definition) is 1. The lowest BCUT2D eigenvalue weighted by molar-refractivity contribution is -0.132. The molecule has 0 aliphatic carbocycles. The molecule has 1 saturated heterocycles. The Kier molecular flexibility index (Phi) is 6.56. The molecule has 0 bridgehead atoms. The number of aliphatic hydroxyl groups is 1. The molecule has 1 amide bonds. The standard InChI is InChI=1S/C31H24FNO4/c1-2-20-14-16-21(17-15-20)29(34)27-28(33(31(36)30(27)35)24-10-7-9-23(32)19-24)22-8-6-13-26(18-22)37-25-11-4-3-5-12-25/h3-19,28,34H,2H2,1H3/b29-27+. The highest BCUT2D eigenvalue weighted by Gasteiger charge is 2.47. The first-order valence-corrected chi connectivity index (χ1v) is 11.9. The van der Waals surface area contributed by atoms with Gasteiger partial charge in [-0.1, -0.05) is 67.6 Å². The van der Waals surface area contributed by atoms with Crippen molar-refractivity contribution in [2.45, 2.75) is 19.4 Å². The van der Waals surface area contributed by atoms with Gasteiger partial charge < -0.3 is 9.84 Å². The molecular weight excluding hydrogens is 469 g/mol. The Labute approximate surface area is 214 Å². The van der Waals surface area contributed by atoms with Gasteiger partial charge in [-0.3, -0.25) is 14.5 Å². The summed E-state index contributed by atoms with van der Waals surface area (Å²) in [6.07, 6.45) is 0.819. The van der Waals surface area contributed by atoms with Crippen LogP contribution in [0, 0.1) is 5.82 Å². The van der Waals surface area contributed by atoms with Gasteiger partial charge in [-0.25, -0.2) is 4.39 Å². The number of carbonyl (C=O) groups is 2. The number of para-hydroxylation sites is 1. The smallest absolute Gasteiger partial charge is 0.300 e. The fourth-order valence-electron chi connectivity index (χ4n) is 4.47. The molecule has 4 aromatic rings. The summed E-state index contributed by atoms with van der Waals surface area (Å²) in [4.78, 5) is 27.9. The minimum absolute atomic E-state index is 0.0737. The van der Waals surface area contributed by atoms with E-state index in [9.17, 15) is 19.1 Å². The number of halogens is 1. The van der Waals surface area contributed by atoms with Crippen molar-refractivity contribution in [3.05, 3.63) is 131 Å². The van der Waals surface area contributed by atoms with Crippen LogP contribution in [0.25, 0.3) is 5.76 Å². The predicted octanol–water partition coefficient (Wildman–Crippen LogP) is 6.81. The van der Waals surface area contributed by atoms with E-state index in [4.69, 9.17) is 4.74 Å². The van der Waals surface area contributed by atoms with Crippen molar-refractivity contribution in [1.82, 2.24) is 0 Å². The van der Waals surface area contributed by atoms with Crippen LogP contribution in [0.15, 0.2) is 109 Å². The minimum atomic E-state index is -0.994. The van der Waals surface area contributed by atoms with E-state index in [1.807, 2.05) is 49.4 Å². The monoisotopic (exact) mass is 493 g/mol. The largest absolute Gasteiger partial charge is 0.507 e. The van der Waals surface area contributed by atoms with Crippen LogP contribution >= 0.6 is 0 Å². The van der Waals surface area contributed by atoms with Gasteiger partial charge in [0.2, 0.25) is 0 Å². The van der Waals surface area contributed by atoms with Crippen LogP contribution in [0.4, 0.5) is 10.1 Å². The number of carbonyl (C=O) groups excluding carboxylic acids is 2. The molecule has 37 heavy (non-hydrogen) atoms. The highest BCUT2D eigenvalue weighted by molar-refractivity contribution is 6.51. The van der Waals surface area contributed by atoms with Gasteiger partial charge >= 0.3 is 0 Å². The normalized spacial score (nSPS) is 16.7. The molecule has 1 fully saturated rings. The summed E-state index contributed by atoms with van der Waals surface area (Å²) in [7, 11) is 0. The molecule has 1 aliphatic rings. The van der Waals surface area contributed by atoms with E-state index in [0.717, 1.165) is 12.0 Å². The van der Waals surface area contributed by atoms with Gasteiger partial charge in [0.05, 0.1) is 11.6 Å². The molecule has 5 nitrogen and oxygen atoms in total. The minimum Gasteiger partial charge on any atom is -0.507 e. The molecule has 4 aromatic carbocycles. The summed E-state index contributed by atoms with van der Waals surface area (Å²) in [5.74, 6) is -1.43. The molecule has 0 aromatic heterocycles. The average Bonchev–Trinajstić information content (AvgIpc) is 3.19. The molecular formula is C31H24FNO4. The first-order chi connectivity index (χ1) is 18.0. The Morgan fingerprint density at radius 2 is 1.57 bits per heavy atom. The van der Waals surface area contributed by atoms with Gasteiger partial charge in [0.1, 0.15) is 23.1 Å². The summed E-state index contributed by atoms with van der Waals surface area (Å²) in [5.41, 5.74) is 2.15. The molecule has 1 heterocycles. The zero-order chi connectivity index (χ0) is 25.9. The number of anilines is 1. The van der Waals surface area contributed by atoms with Crippen molar-refractivity contribution in [1.29, 1.82) is 0 Å². The zero-order valence-corrected chi connectivity index (χ0v) is 20.1. The summed E-state index contributed by atoms with van der Waals surface area (Å²) < 4.78 is 20.1. The van der Waals surface area contributed by atoms with Crippen LogP contribution in [0.5, 0.6) is 11.5 Å². The molecule has 1 N–H and O–H groups in total. The molecule has 1 unspecified atom stereocenters. The number of rotatable bonds is 6. The fourth-order valence-corrected chi connectivity index (χ4v) is 4.47. The summed E-state index contributed by atoms with van der Waals surface area (Å²) in [6, 6.07) is 27.8. The second-order valence-corrected chi connectivity index (χ2v) is 8.69.